The van der Waals surface area contributed by atoms with Gasteiger partial charge in [0.05, 0.1) is 16.5 Å². The van der Waals surface area contributed by atoms with E-state index in [4.69, 9.17) is 5.73 Å². The molecule has 0 aliphatic rings. The van der Waals surface area contributed by atoms with Crippen LogP contribution in [0, 0.1) is 11.8 Å². The van der Waals surface area contributed by atoms with Crippen LogP contribution in [0.2, 0.25) is 0 Å². The first-order valence-corrected chi connectivity index (χ1v) is 5.12. The Morgan fingerprint density at radius 1 is 1.55 bits per heavy atom. The van der Waals surface area contributed by atoms with Crippen LogP contribution in [0.4, 0.5) is 0 Å². The Hall–Kier alpha value is -0.430. The van der Waals surface area contributed by atoms with Crippen molar-refractivity contribution in [1.29, 1.82) is 0 Å². The van der Waals surface area contributed by atoms with Gasteiger partial charge in [-0.05, 0) is 11.4 Å². The number of thioether (sulfide) groups is 1. The third-order valence-corrected chi connectivity index (χ3v) is 3.02. The molecular formula is C8H9NS2. The molecule has 0 aromatic carbocycles. The van der Waals surface area contributed by atoms with Crippen molar-refractivity contribution >= 4 is 23.1 Å². The van der Waals surface area contributed by atoms with Gasteiger partial charge in [0, 0.05) is 0 Å². The van der Waals surface area contributed by atoms with Crippen molar-refractivity contribution in [2.24, 2.45) is 5.73 Å². The lowest BCUT2D eigenvalue weighted by Crippen LogP contribution is -1.92. The van der Waals surface area contributed by atoms with Crippen molar-refractivity contribution in [2.45, 2.75) is 4.21 Å². The minimum Gasteiger partial charge on any atom is -0.320 e. The van der Waals surface area contributed by atoms with E-state index in [9.17, 15) is 0 Å². The molecule has 0 aliphatic heterocycles. The average Bonchev–Trinajstić information content (AvgIpc) is 2.50. The largest absolute Gasteiger partial charge is 0.320 e. The highest BCUT2D eigenvalue weighted by molar-refractivity contribution is 8.01. The molecule has 11 heavy (non-hydrogen) atoms. The van der Waals surface area contributed by atoms with Crippen molar-refractivity contribution in [2.75, 3.05) is 12.3 Å². The first-order chi connectivity index (χ1) is 5.43. The van der Waals surface area contributed by atoms with E-state index in [1.807, 2.05) is 6.07 Å². The lowest BCUT2D eigenvalue weighted by Gasteiger charge is -1.86. The van der Waals surface area contributed by atoms with Crippen molar-refractivity contribution in [3.05, 3.63) is 17.5 Å². The van der Waals surface area contributed by atoms with Gasteiger partial charge in [0.2, 0.25) is 0 Å². The lowest BCUT2D eigenvalue weighted by atomic mass is 10.6. The van der Waals surface area contributed by atoms with Crippen LogP contribution < -0.4 is 5.73 Å². The molecule has 0 bridgehead atoms. The Bertz CT molecular complexity index is 243. The maximum Gasteiger partial charge on any atom is 0.0607 e. The van der Waals surface area contributed by atoms with Gasteiger partial charge in [-0.2, -0.15) is 0 Å². The third-order valence-electron chi connectivity index (χ3n) is 1.01. The molecular weight excluding hydrogens is 174 g/mol. The maximum atomic E-state index is 5.21. The summed E-state index contributed by atoms with van der Waals surface area (Å²) in [6.07, 6.45) is 0. The van der Waals surface area contributed by atoms with Gasteiger partial charge < -0.3 is 5.73 Å². The Morgan fingerprint density at radius 2 is 2.45 bits per heavy atom. The van der Waals surface area contributed by atoms with Gasteiger partial charge in [0.1, 0.15) is 0 Å². The zero-order valence-corrected chi connectivity index (χ0v) is 7.67. The third kappa shape index (κ3) is 3.47. The number of nitrogens with two attached hydrogens (primary N) is 1. The van der Waals surface area contributed by atoms with Crippen LogP contribution in [0.25, 0.3) is 0 Å². The molecule has 0 unspecified atom stereocenters. The molecule has 0 aliphatic carbocycles. The summed E-state index contributed by atoms with van der Waals surface area (Å²) in [5.74, 6) is 6.64. The number of hydrogen-bond donors (Lipinski definition) is 1. The molecule has 3 heteroatoms. The second-order valence-electron chi connectivity index (χ2n) is 1.78. The quantitative estimate of drug-likeness (QED) is 0.559. The van der Waals surface area contributed by atoms with Crippen LogP contribution in [-0.4, -0.2) is 12.3 Å². The van der Waals surface area contributed by atoms with E-state index < -0.39 is 0 Å². The van der Waals surface area contributed by atoms with Crippen molar-refractivity contribution in [3.63, 3.8) is 0 Å². The lowest BCUT2D eigenvalue weighted by molar-refractivity contribution is 1.30. The van der Waals surface area contributed by atoms with Crippen molar-refractivity contribution < 1.29 is 0 Å². The molecule has 1 aromatic rings. The molecule has 1 aromatic heterocycles. The summed E-state index contributed by atoms with van der Waals surface area (Å²) < 4.78 is 1.32. The standard InChI is InChI=1S/C8H9NS2/c9-5-1-2-6-10-8-4-3-7-11-8/h3-4,7H,5-6,9H2. The van der Waals surface area contributed by atoms with E-state index in [1.165, 1.54) is 4.21 Å². The Morgan fingerprint density at radius 3 is 3.09 bits per heavy atom. The van der Waals surface area contributed by atoms with Crippen LogP contribution in [0.15, 0.2) is 21.7 Å². The van der Waals surface area contributed by atoms with E-state index in [1.54, 1.807) is 23.1 Å². The normalized spacial score (nSPS) is 8.82. The molecule has 2 N–H and O–H groups in total. The SMILES string of the molecule is NCC#CCSc1cccs1. The fraction of sp³-hybridized carbons (Fsp3) is 0.250. The highest BCUT2D eigenvalue weighted by Crippen LogP contribution is 2.22. The minimum absolute atomic E-state index is 0.463. The minimum atomic E-state index is 0.463. The smallest absolute Gasteiger partial charge is 0.0607 e. The van der Waals surface area contributed by atoms with E-state index >= 15 is 0 Å². The van der Waals surface area contributed by atoms with Gasteiger partial charge in [-0.3, -0.25) is 0 Å². The van der Waals surface area contributed by atoms with Crippen LogP contribution in [-0.2, 0) is 0 Å². The van der Waals surface area contributed by atoms with Crippen LogP contribution in [0.5, 0.6) is 0 Å². The Labute approximate surface area is 75.0 Å². The van der Waals surface area contributed by atoms with Gasteiger partial charge in [-0.25, -0.2) is 0 Å². The summed E-state index contributed by atoms with van der Waals surface area (Å²) in [7, 11) is 0. The first kappa shape index (κ1) is 8.66. The van der Waals surface area contributed by atoms with Gasteiger partial charge in [0.15, 0.2) is 0 Å². The van der Waals surface area contributed by atoms with E-state index in [2.05, 4.69) is 23.3 Å². The van der Waals surface area contributed by atoms with Crippen LogP contribution in [0.1, 0.15) is 0 Å². The monoisotopic (exact) mass is 183 g/mol. The summed E-state index contributed by atoms with van der Waals surface area (Å²) in [5.41, 5.74) is 5.21. The molecule has 0 radical (unpaired) electrons. The average molecular weight is 183 g/mol. The van der Waals surface area contributed by atoms with Gasteiger partial charge in [-0.1, -0.05) is 17.9 Å². The van der Waals surface area contributed by atoms with Gasteiger partial charge >= 0.3 is 0 Å². The highest BCUT2D eigenvalue weighted by Gasteiger charge is 1.89. The van der Waals surface area contributed by atoms with Crippen molar-refractivity contribution in [3.8, 4) is 11.8 Å². The van der Waals surface area contributed by atoms with Crippen LogP contribution >= 0.6 is 23.1 Å². The molecule has 58 valence electrons. The first-order valence-electron chi connectivity index (χ1n) is 3.25. The molecule has 0 spiro atoms. The van der Waals surface area contributed by atoms with Gasteiger partial charge in [0.25, 0.3) is 0 Å². The molecule has 0 amide bonds. The predicted molar refractivity (Wildman–Crippen MR) is 51.9 cm³/mol. The molecule has 0 saturated heterocycles. The number of thiophene rings is 1. The fourth-order valence-corrected chi connectivity index (χ4v) is 2.13. The highest BCUT2D eigenvalue weighted by atomic mass is 32.2. The Kier molecular flexibility index (Phi) is 4.14. The van der Waals surface area contributed by atoms with E-state index in [0.717, 1.165) is 5.75 Å². The second-order valence-corrected chi connectivity index (χ2v) is 4.00. The number of rotatable bonds is 2. The molecule has 1 rings (SSSR count). The molecule has 0 fully saturated rings. The van der Waals surface area contributed by atoms with Crippen LogP contribution in [0.3, 0.4) is 0 Å². The molecule has 0 saturated carbocycles. The Balaban J connectivity index is 2.24. The van der Waals surface area contributed by atoms with E-state index in [-0.39, 0.29) is 0 Å². The zero-order chi connectivity index (χ0) is 7.94. The van der Waals surface area contributed by atoms with Gasteiger partial charge in [-0.15, -0.1) is 23.1 Å². The molecule has 0 atom stereocenters. The number of hydrogen-bond acceptors (Lipinski definition) is 3. The summed E-state index contributed by atoms with van der Waals surface area (Å²) >= 11 is 3.50. The summed E-state index contributed by atoms with van der Waals surface area (Å²) in [6, 6.07) is 4.14. The zero-order valence-electron chi connectivity index (χ0n) is 6.04. The second kappa shape index (κ2) is 5.25. The molecule has 1 nitrogen and oxygen atoms in total. The maximum absolute atomic E-state index is 5.21. The van der Waals surface area contributed by atoms with Crippen molar-refractivity contribution in [1.82, 2.24) is 0 Å². The predicted octanol–water partition coefficient (Wildman–Crippen LogP) is 1.80. The molecule has 1 heterocycles. The summed E-state index contributed by atoms with van der Waals surface area (Å²) in [6.45, 7) is 0.463. The fourth-order valence-electron chi connectivity index (χ4n) is 0.576. The summed E-state index contributed by atoms with van der Waals surface area (Å²) in [5, 5.41) is 2.07. The van der Waals surface area contributed by atoms with E-state index in [0.29, 0.717) is 6.54 Å². The topological polar surface area (TPSA) is 26.0 Å². The summed E-state index contributed by atoms with van der Waals surface area (Å²) in [4.78, 5) is 0.